The van der Waals surface area contributed by atoms with Gasteiger partial charge in [0.25, 0.3) is 0 Å². The zero-order valence-corrected chi connectivity index (χ0v) is 12.0. The molecule has 0 aliphatic carbocycles. The van der Waals surface area contributed by atoms with Crippen molar-refractivity contribution in [2.45, 2.75) is 59.4 Å². The standard InChI is InChI=1S/C13H24N4O/c1-9(2)11-12-16-15-10(8-18-13(3,4)5)17(12)7-6-14-11/h9,11,14H,6-8H2,1-5H3. The van der Waals surface area contributed by atoms with Gasteiger partial charge in [-0.1, -0.05) is 13.8 Å². The molecule has 1 N–H and O–H groups in total. The summed E-state index contributed by atoms with van der Waals surface area (Å²) in [6, 6.07) is 0.301. The first-order valence-electron chi connectivity index (χ1n) is 6.68. The highest BCUT2D eigenvalue weighted by Crippen LogP contribution is 2.24. The SMILES string of the molecule is CC(C)C1NCCn2c(COC(C)(C)C)nnc21. The fraction of sp³-hybridized carbons (Fsp3) is 0.846. The highest BCUT2D eigenvalue weighted by molar-refractivity contribution is 5.05. The van der Waals surface area contributed by atoms with E-state index in [4.69, 9.17) is 4.74 Å². The summed E-state index contributed by atoms with van der Waals surface area (Å²) in [6.45, 7) is 13.0. The molecule has 5 heteroatoms. The van der Waals surface area contributed by atoms with Gasteiger partial charge >= 0.3 is 0 Å². The largest absolute Gasteiger partial charge is 0.368 e. The van der Waals surface area contributed by atoms with E-state index in [0.717, 1.165) is 24.7 Å². The van der Waals surface area contributed by atoms with Gasteiger partial charge in [-0.2, -0.15) is 0 Å². The third-order valence-electron chi connectivity index (χ3n) is 3.13. The molecule has 1 unspecified atom stereocenters. The summed E-state index contributed by atoms with van der Waals surface area (Å²) in [7, 11) is 0. The first-order valence-corrected chi connectivity index (χ1v) is 6.68. The normalized spacial score (nSPS) is 20.2. The van der Waals surface area contributed by atoms with Crippen LogP contribution in [-0.2, 0) is 17.9 Å². The topological polar surface area (TPSA) is 52.0 Å². The van der Waals surface area contributed by atoms with Crippen molar-refractivity contribution in [3.63, 3.8) is 0 Å². The van der Waals surface area contributed by atoms with E-state index in [1.54, 1.807) is 0 Å². The maximum absolute atomic E-state index is 5.79. The number of ether oxygens (including phenoxy) is 1. The van der Waals surface area contributed by atoms with Gasteiger partial charge in [0.05, 0.1) is 11.6 Å². The van der Waals surface area contributed by atoms with Crippen molar-refractivity contribution in [1.29, 1.82) is 0 Å². The van der Waals surface area contributed by atoms with Crippen molar-refractivity contribution >= 4 is 0 Å². The first kappa shape index (κ1) is 13.5. The Morgan fingerprint density at radius 2 is 2.11 bits per heavy atom. The van der Waals surface area contributed by atoms with Crippen molar-refractivity contribution in [2.75, 3.05) is 6.54 Å². The zero-order chi connectivity index (χ0) is 13.3. The van der Waals surface area contributed by atoms with E-state index < -0.39 is 0 Å². The van der Waals surface area contributed by atoms with Crippen LogP contribution in [0.5, 0.6) is 0 Å². The van der Waals surface area contributed by atoms with Crippen LogP contribution in [-0.4, -0.2) is 26.9 Å². The molecule has 0 saturated carbocycles. The van der Waals surface area contributed by atoms with E-state index in [1.165, 1.54) is 0 Å². The number of nitrogens with zero attached hydrogens (tertiary/aromatic N) is 3. The molecule has 102 valence electrons. The molecule has 2 heterocycles. The van der Waals surface area contributed by atoms with Crippen LogP contribution in [0.1, 0.15) is 52.3 Å². The van der Waals surface area contributed by atoms with Gasteiger partial charge in [-0.15, -0.1) is 10.2 Å². The van der Waals surface area contributed by atoms with Crippen LogP contribution < -0.4 is 5.32 Å². The maximum Gasteiger partial charge on any atom is 0.159 e. The van der Waals surface area contributed by atoms with Gasteiger partial charge < -0.3 is 14.6 Å². The molecule has 0 amide bonds. The van der Waals surface area contributed by atoms with Crippen molar-refractivity contribution in [3.05, 3.63) is 11.6 Å². The molecule has 1 aliphatic heterocycles. The van der Waals surface area contributed by atoms with Crippen LogP contribution in [0.2, 0.25) is 0 Å². The molecule has 0 aromatic carbocycles. The molecule has 1 aromatic heterocycles. The average molecular weight is 252 g/mol. The second kappa shape index (κ2) is 4.97. The van der Waals surface area contributed by atoms with Gasteiger partial charge in [-0.05, 0) is 26.7 Å². The van der Waals surface area contributed by atoms with Crippen molar-refractivity contribution < 1.29 is 4.74 Å². The van der Waals surface area contributed by atoms with E-state index in [2.05, 4.69) is 54.7 Å². The second-order valence-corrected chi connectivity index (χ2v) is 6.20. The van der Waals surface area contributed by atoms with Gasteiger partial charge in [0.1, 0.15) is 6.61 Å². The lowest BCUT2D eigenvalue weighted by atomic mass is 10.0. The minimum absolute atomic E-state index is 0.142. The molecule has 0 spiro atoms. The molecule has 5 nitrogen and oxygen atoms in total. The average Bonchev–Trinajstić information content (AvgIpc) is 2.68. The number of hydrogen-bond donors (Lipinski definition) is 1. The molecule has 1 aliphatic rings. The molecule has 1 aromatic rings. The molecule has 18 heavy (non-hydrogen) atoms. The zero-order valence-electron chi connectivity index (χ0n) is 12.0. The van der Waals surface area contributed by atoms with Crippen molar-refractivity contribution in [2.24, 2.45) is 5.92 Å². The molecule has 0 saturated heterocycles. The molecule has 1 atom stereocenters. The summed E-state index contributed by atoms with van der Waals surface area (Å²) in [5, 5.41) is 12.1. The lowest BCUT2D eigenvalue weighted by molar-refractivity contribution is -0.0196. The Bertz CT molecular complexity index is 406. The lowest BCUT2D eigenvalue weighted by Gasteiger charge is -2.28. The van der Waals surface area contributed by atoms with Gasteiger partial charge in [0.15, 0.2) is 11.6 Å². The van der Waals surface area contributed by atoms with E-state index in [1.807, 2.05) is 0 Å². The number of rotatable bonds is 3. The Labute approximate surface area is 109 Å². The number of hydrogen-bond acceptors (Lipinski definition) is 4. The lowest BCUT2D eigenvalue weighted by Crippen LogP contribution is -2.37. The van der Waals surface area contributed by atoms with Gasteiger partial charge in [0.2, 0.25) is 0 Å². The smallest absolute Gasteiger partial charge is 0.159 e. The van der Waals surface area contributed by atoms with Crippen LogP contribution in [0.4, 0.5) is 0 Å². The second-order valence-electron chi connectivity index (χ2n) is 6.20. The Balaban J connectivity index is 2.15. The van der Waals surface area contributed by atoms with E-state index >= 15 is 0 Å². The van der Waals surface area contributed by atoms with Crippen molar-refractivity contribution in [3.8, 4) is 0 Å². The molecule has 0 fully saturated rings. The molecule has 0 radical (unpaired) electrons. The monoisotopic (exact) mass is 252 g/mol. The summed E-state index contributed by atoms with van der Waals surface area (Å²) in [5.74, 6) is 2.50. The molecule has 2 rings (SSSR count). The number of nitrogens with one attached hydrogen (secondary N) is 1. The van der Waals surface area contributed by atoms with Gasteiger partial charge in [-0.25, -0.2) is 0 Å². The summed E-state index contributed by atoms with van der Waals surface area (Å²) in [6.07, 6.45) is 0. The molecular weight excluding hydrogens is 228 g/mol. The third kappa shape index (κ3) is 2.90. The van der Waals surface area contributed by atoms with E-state index in [0.29, 0.717) is 18.6 Å². The maximum atomic E-state index is 5.79. The van der Waals surface area contributed by atoms with Crippen LogP contribution in [0.3, 0.4) is 0 Å². The summed E-state index contributed by atoms with van der Waals surface area (Å²) >= 11 is 0. The highest BCUT2D eigenvalue weighted by atomic mass is 16.5. The Hall–Kier alpha value is -0.940. The van der Waals surface area contributed by atoms with Crippen LogP contribution in [0.25, 0.3) is 0 Å². The number of fused-ring (bicyclic) bond motifs is 1. The summed E-state index contributed by atoms with van der Waals surface area (Å²) < 4.78 is 7.99. The first-order chi connectivity index (χ1) is 8.38. The quantitative estimate of drug-likeness (QED) is 0.892. The van der Waals surface area contributed by atoms with E-state index in [-0.39, 0.29) is 5.60 Å². The fourth-order valence-electron chi connectivity index (χ4n) is 2.17. The van der Waals surface area contributed by atoms with Crippen LogP contribution >= 0.6 is 0 Å². The molecular formula is C13H24N4O. The van der Waals surface area contributed by atoms with Gasteiger partial charge in [0, 0.05) is 13.1 Å². The summed E-state index contributed by atoms with van der Waals surface area (Å²) in [5.41, 5.74) is -0.142. The van der Waals surface area contributed by atoms with Gasteiger partial charge in [-0.3, -0.25) is 0 Å². The van der Waals surface area contributed by atoms with Crippen molar-refractivity contribution in [1.82, 2.24) is 20.1 Å². The van der Waals surface area contributed by atoms with E-state index in [9.17, 15) is 0 Å². The van der Waals surface area contributed by atoms with Crippen LogP contribution in [0, 0.1) is 5.92 Å². The summed E-state index contributed by atoms with van der Waals surface area (Å²) in [4.78, 5) is 0. The minimum Gasteiger partial charge on any atom is -0.368 e. The van der Waals surface area contributed by atoms with Crippen LogP contribution in [0.15, 0.2) is 0 Å². The Kier molecular flexibility index (Phi) is 3.73. The Morgan fingerprint density at radius 3 is 2.72 bits per heavy atom. The Morgan fingerprint density at radius 1 is 1.39 bits per heavy atom. The predicted molar refractivity (Wildman–Crippen MR) is 70.1 cm³/mol. The minimum atomic E-state index is -0.142. The third-order valence-corrected chi connectivity index (χ3v) is 3.13. The molecule has 0 bridgehead atoms. The fourth-order valence-corrected chi connectivity index (χ4v) is 2.17. The number of aromatic nitrogens is 3. The highest BCUT2D eigenvalue weighted by Gasteiger charge is 2.27. The predicted octanol–water partition coefficient (Wildman–Crippen LogP) is 1.89.